The molecule has 0 radical (unpaired) electrons. The van der Waals surface area contributed by atoms with E-state index in [1.54, 1.807) is 0 Å². The van der Waals surface area contributed by atoms with Gasteiger partial charge in [-0.3, -0.25) is 4.90 Å². The number of hydrogen-bond acceptors (Lipinski definition) is 3. The number of piperidine rings is 1. The van der Waals surface area contributed by atoms with E-state index in [0.29, 0.717) is 12.8 Å². The quantitative estimate of drug-likeness (QED) is 0.678. The van der Waals surface area contributed by atoms with Crippen LogP contribution in [0, 0.1) is 11.8 Å². The van der Waals surface area contributed by atoms with E-state index in [0.717, 1.165) is 25.9 Å². The molecule has 80 valence electrons. The van der Waals surface area contributed by atoms with Gasteiger partial charge in [-0.2, -0.15) is 0 Å². The van der Waals surface area contributed by atoms with Crippen LogP contribution in [0.25, 0.3) is 0 Å². The number of ether oxygens (including phenoxy) is 1. The molecule has 1 aliphatic heterocycles. The molecule has 0 aliphatic carbocycles. The topological polar surface area (TPSA) is 38.5 Å². The Kier molecular flexibility index (Phi) is 4.95. The third-order valence-electron chi connectivity index (χ3n) is 2.54. The molecule has 1 fully saturated rings. The van der Waals surface area contributed by atoms with E-state index >= 15 is 0 Å². The van der Waals surface area contributed by atoms with Crippen molar-refractivity contribution >= 4 is 0 Å². The Morgan fingerprint density at radius 1 is 1.50 bits per heavy atom. The van der Waals surface area contributed by atoms with Crippen molar-refractivity contribution in [3.8, 4) is 11.8 Å². The van der Waals surface area contributed by atoms with E-state index in [9.17, 15) is 0 Å². The normalized spacial score (nSPS) is 21.4. The van der Waals surface area contributed by atoms with E-state index in [1.165, 1.54) is 0 Å². The zero-order valence-electron chi connectivity index (χ0n) is 9.12. The number of hydrogen-bond donors (Lipinski definition) is 1. The summed E-state index contributed by atoms with van der Waals surface area (Å²) >= 11 is 0. The van der Waals surface area contributed by atoms with Crippen LogP contribution in [0.3, 0.4) is 0 Å². The summed E-state index contributed by atoms with van der Waals surface area (Å²) in [6.45, 7) is 6.61. The molecule has 0 aromatic rings. The van der Waals surface area contributed by atoms with Gasteiger partial charge in [0.1, 0.15) is 6.10 Å². The van der Waals surface area contributed by atoms with Crippen LogP contribution in [0.15, 0.2) is 0 Å². The Balaban J connectivity index is 2.24. The lowest BCUT2D eigenvalue weighted by atomic mass is 10.1. The van der Waals surface area contributed by atoms with Crippen LogP contribution in [0.4, 0.5) is 0 Å². The second-order valence-electron chi connectivity index (χ2n) is 3.67. The van der Waals surface area contributed by atoms with Crippen LogP contribution in [0.2, 0.25) is 0 Å². The zero-order valence-corrected chi connectivity index (χ0v) is 9.12. The summed E-state index contributed by atoms with van der Waals surface area (Å²) in [7, 11) is 0. The molecule has 1 rings (SSSR count). The van der Waals surface area contributed by atoms with Crippen molar-refractivity contribution in [2.24, 2.45) is 5.73 Å². The average Bonchev–Trinajstić information content (AvgIpc) is 2.19. The minimum Gasteiger partial charge on any atom is -0.362 e. The lowest BCUT2D eigenvalue weighted by Crippen LogP contribution is -2.40. The van der Waals surface area contributed by atoms with E-state index in [1.807, 2.05) is 13.8 Å². The molecule has 0 bridgehead atoms. The van der Waals surface area contributed by atoms with Crippen LogP contribution < -0.4 is 5.73 Å². The predicted molar refractivity (Wildman–Crippen MR) is 57.6 cm³/mol. The van der Waals surface area contributed by atoms with Gasteiger partial charge in [-0.1, -0.05) is 5.92 Å². The number of nitrogens with zero attached hydrogens (tertiary/aromatic N) is 1. The fourth-order valence-corrected chi connectivity index (χ4v) is 1.75. The Bertz CT molecular complexity index is 211. The number of likely N-dealkylation sites (tertiary alicyclic amines) is 1. The molecule has 1 saturated heterocycles. The second kappa shape index (κ2) is 6.02. The maximum atomic E-state index is 5.78. The molecule has 3 heteroatoms. The van der Waals surface area contributed by atoms with Gasteiger partial charge in [0, 0.05) is 19.8 Å². The fraction of sp³-hybridized carbons (Fsp3) is 0.818. The van der Waals surface area contributed by atoms with Gasteiger partial charge in [-0.25, -0.2) is 0 Å². The minimum absolute atomic E-state index is 0.0643. The lowest BCUT2D eigenvalue weighted by molar-refractivity contribution is -0.0114. The molecule has 0 aromatic heterocycles. The monoisotopic (exact) mass is 196 g/mol. The van der Waals surface area contributed by atoms with Crippen LogP contribution in [0.1, 0.15) is 26.7 Å². The van der Waals surface area contributed by atoms with Crippen molar-refractivity contribution in [1.82, 2.24) is 4.90 Å². The molecule has 0 saturated carbocycles. The summed E-state index contributed by atoms with van der Waals surface area (Å²) in [5.74, 6) is 5.88. The Morgan fingerprint density at radius 3 is 2.64 bits per heavy atom. The third kappa shape index (κ3) is 3.67. The van der Waals surface area contributed by atoms with Crippen LogP contribution in [-0.2, 0) is 4.74 Å². The van der Waals surface area contributed by atoms with E-state index in [2.05, 4.69) is 16.7 Å². The largest absolute Gasteiger partial charge is 0.362 e. The molecule has 3 nitrogen and oxygen atoms in total. The zero-order chi connectivity index (χ0) is 10.4. The van der Waals surface area contributed by atoms with Gasteiger partial charge >= 0.3 is 0 Å². The highest BCUT2D eigenvalue weighted by atomic mass is 16.5. The van der Waals surface area contributed by atoms with Crippen LogP contribution in [-0.4, -0.2) is 36.9 Å². The predicted octanol–water partition coefficient (Wildman–Crippen LogP) is 0.795. The van der Waals surface area contributed by atoms with Gasteiger partial charge in [-0.05, 0) is 26.7 Å². The summed E-state index contributed by atoms with van der Waals surface area (Å²) in [6, 6.07) is 0. The molecular formula is C11H20N2O. The first-order valence-electron chi connectivity index (χ1n) is 5.26. The van der Waals surface area contributed by atoms with Crippen molar-refractivity contribution in [2.45, 2.75) is 38.9 Å². The number of nitrogens with two attached hydrogens (primary N) is 1. The molecule has 14 heavy (non-hydrogen) atoms. The van der Waals surface area contributed by atoms with Crippen molar-refractivity contribution in [1.29, 1.82) is 0 Å². The van der Waals surface area contributed by atoms with Crippen molar-refractivity contribution in [3.63, 3.8) is 0 Å². The Labute approximate surface area is 86.6 Å². The van der Waals surface area contributed by atoms with E-state index in [-0.39, 0.29) is 6.10 Å². The van der Waals surface area contributed by atoms with Crippen molar-refractivity contribution in [3.05, 3.63) is 0 Å². The molecule has 1 atom stereocenters. The van der Waals surface area contributed by atoms with Gasteiger partial charge < -0.3 is 10.5 Å². The first-order chi connectivity index (χ1) is 6.76. The Morgan fingerprint density at radius 2 is 2.14 bits per heavy atom. The third-order valence-corrected chi connectivity index (χ3v) is 2.54. The minimum atomic E-state index is 0.0643. The molecule has 1 aliphatic rings. The number of rotatable bonds is 3. The molecule has 1 heterocycles. The SMILES string of the molecule is CC#C[C@@H](C)OC1CCN(CN)CC1. The van der Waals surface area contributed by atoms with Gasteiger partial charge in [0.05, 0.1) is 6.10 Å². The first-order valence-corrected chi connectivity index (χ1v) is 5.26. The van der Waals surface area contributed by atoms with Gasteiger partial charge in [0.2, 0.25) is 0 Å². The second-order valence-corrected chi connectivity index (χ2v) is 3.67. The average molecular weight is 196 g/mol. The Hall–Kier alpha value is -0.560. The van der Waals surface area contributed by atoms with Gasteiger partial charge in [0.15, 0.2) is 0 Å². The maximum absolute atomic E-state index is 5.78. The summed E-state index contributed by atoms with van der Waals surface area (Å²) < 4.78 is 5.78. The van der Waals surface area contributed by atoms with Crippen molar-refractivity contribution in [2.75, 3.05) is 19.8 Å². The van der Waals surface area contributed by atoms with Gasteiger partial charge in [0.25, 0.3) is 0 Å². The molecule has 2 N–H and O–H groups in total. The summed E-state index contributed by atoms with van der Waals surface area (Å²) in [5, 5.41) is 0. The summed E-state index contributed by atoms with van der Waals surface area (Å²) in [5.41, 5.74) is 5.56. The van der Waals surface area contributed by atoms with Crippen LogP contribution in [0.5, 0.6) is 0 Å². The maximum Gasteiger partial charge on any atom is 0.115 e. The molecule has 0 aromatic carbocycles. The summed E-state index contributed by atoms with van der Waals surface area (Å²) in [6.07, 6.45) is 2.59. The van der Waals surface area contributed by atoms with E-state index < -0.39 is 0 Å². The fourth-order valence-electron chi connectivity index (χ4n) is 1.75. The summed E-state index contributed by atoms with van der Waals surface area (Å²) in [4.78, 5) is 2.25. The van der Waals surface area contributed by atoms with Crippen LogP contribution >= 0.6 is 0 Å². The first kappa shape index (κ1) is 11.5. The van der Waals surface area contributed by atoms with Gasteiger partial charge in [-0.15, -0.1) is 5.92 Å². The molecule has 0 spiro atoms. The lowest BCUT2D eigenvalue weighted by Gasteiger charge is -2.31. The molecule has 0 unspecified atom stereocenters. The smallest absolute Gasteiger partial charge is 0.115 e. The standard InChI is InChI=1S/C11H20N2O/c1-3-4-10(2)14-11-5-7-13(9-12)8-6-11/h10-11H,5-9,12H2,1-2H3/t10-/m1/s1. The molecule has 0 amide bonds. The molecular weight excluding hydrogens is 176 g/mol. The highest BCUT2D eigenvalue weighted by Gasteiger charge is 2.19. The van der Waals surface area contributed by atoms with E-state index in [4.69, 9.17) is 10.5 Å². The highest BCUT2D eigenvalue weighted by Crippen LogP contribution is 2.14. The van der Waals surface area contributed by atoms with Crippen molar-refractivity contribution < 1.29 is 4.74 Å². The highest BCUT2D eigenvalue weighted by molar-refractivity contribution is 5.01.